The lowest BCUT2D eigenvalue weighted by molar-refractivity contribution is 0.467. The van der Waals surface area contributed by atoms with Crippen molar-refractivity contribution < 1.29 is 10.2 Å². The molecule has 2 aromatic rings. The van der Waals surface area contributed by atoms with Gasteiger partial charge in [-0.3, -0.25) is 0 Å². The van der Waals surface area contributed by atoms with Gasteiger partial charge >= 0.3 is 0 Å². The van der Waals surface area contributed by atoms with Gasteiger partial charge in [0.15, 0.2) is 0 Å². The highest BCUT2D eigenvalue weighted by molar-refractivity contribution is 9.12. The molecule has 120 valence electrons. The first kappa shape index (κ1) is 21.0. The van der Waals surface area contributed by atoms with Gasteiger partial charge in [0.25, 0.3) is 0 Å². The van der Waals surface area contributed by atoms with Crippen molar-refractivity contribution >= 4 is 95.6 Å². The quantitative estimate of drug-likeness (QED) is 0.295. The third kappa shape index (κ3) is 4.96. The minimum atomic E-state index is 0.241. The van der Waals surface area contributed by atoms with Crippen LogP contribution in [0, 0.1) is 13.8 Å². The van der Waals surface area contributed by atoms with Crippen LogP contribution in [0.4, 0.5) is 0 Å². The molecule has 0 atom stereocenters. The number of hydrogen-bond acceptors (Lipinski definition) is 2. The Kier molecular flexibility index (Phi) is 8.44. The van der Waals surface area contributed by atoms with Crippen molar-refractivity contribution in [3.8, 4) is 11.5 Å². The first-order chi connectivity index (χ1) is 10.1. The van der Waals surface area contributed by atoms with Crippen LogP contribution in [-0.2, 0) is 0 Å². The number of rotatable bonds is 0. The first-order valence-electron chi connectivity index (χ1n) is 5.74. The maximum atomic E-state index is 9.40. The van der Waals surface area contributed by atoms with E-state index < -0.39 is 0 Å². The standard InChI is InChI=1S/2C7H5Br3O/c2*1-3-4(8)2-5(9)7(11)6(3)10/h2*2,11H,1H3. The van der Waals surface area contributed by atoms with Gasteiger partial charge in [0.1, 0.15) is 11.5 Å². The molecule has 0 aromatic heterocycles. The molecule has 2 nitrogen and oxygen atoms in total. The molecule has 0 aliphatic heterocycles. The summed E-state index contributed by atoms with van der Waals surface area (Å²) in [7, 11) is 0. The van der Waals surface area contributed by atoms with Crippen LogP contribution in [0.5, 0.6) is 11.5 Å². The van der Waals surface area contributed by atoms with Crippen LogP contribution in [0.25, 0.3) is 0 Å². The molecule has 0 aliphatic rings. The highest BCUT2D eigenvalue weighted by Gasteiger charge is 2.09. The topological polar surface area (TPSA) is 40.5 Å². The van der Waals surface area contributed by atoms with Gasteiger partial charge in [-0.15, -0.1) is 0 Å². The van der Waals surface area contributed by atoms with Crippen LogP contribution in [0.2, 0.25) is 0 Å². The summed E-state index contributed by atoms with van der Waals surface area (Å²) in [5.41, 5.74) is 1.98. The number of benzene rings is 2. The number of hydrogen-bond donors (Lipinski definition) is 2. The van der Waals surface area contributed by atoms with Crippen molar-refractivity contribution in [1.29, 1.82) is 0 Å². The summed E-state index contributed by atoms with van der Waals surface area (Å²) < 4.78 is 4.74. The van der Waals surface area contributed by atoms with Crippen molar-refractivity contribution in [2.24, 2.45) is 0 Å². The van der Waals surface area contributed by atoms with Gasteiger partial charge < -0.3 is 10.2 Å². The molecule has 2 rings (SSSR count). The smallest absolute Gasteiger partial charge is 0.144 e. The molecule has 8 heteroatoms. The molecule has 0 saturated carbocycles. The van der Waals surface area contributed by atoms with Crippen LogP contribution >= 0.6 is 95.6 Å². The molecule has 2 N–H and O–H groups in total. The third-order valence-electron chi connectivity index (χ3n) is 2.75. The minimum Gasteiger partial charge on any atom is -0.506 e. The van der Waals surface area contributed by atoms with E-state index in [9.17, 15) is 10.2 Å². The monoisotopic (exact) mass is 684 g/mol. The summed E-state index contributed by atoms with van der Waals surface area (Å²) >= 11 is 19.7. The molecule has 0 bridgehead atoms. The summed E-state index contributed by atoms with van der Waals surface area (Å²) in [6.45, 7) is 3.83. The summed E-state index contributed by atoms with van der Waals surface area (Å²) in [6, 6.07) is 3.63. The van der Waals surface area contributed by atoms with Gasteiger partial charge in [0.2, 0.25) is 0 Å². The maximum absolute atomic E-state index is 9.40. The number of aromatic hydroxyl groups is 2. The van der Waals surface area contributed by atoms with Crippen LogP contribution in [-0.4, -0.2) is 10.2 Å². The largest absolute Gasteiger partial charge is 0.506 e. The Morgan fingerprint density at radius 2 is 0.864 bits per heavy atom. The Bertz CT molecular complexity index is 601. The number of phenols is 2. The number of halogens is 6. The molecule has 0 spiro atoms. The predicted octanol–water partition coefficient (Wildman–Crippen LogP) is 7.98. The van der Waals surface area contributed by atoms with E-state index >= 15 is 0 Å². The van der Waals surface area contributed by atoms with Crippen LogP contribution in [0.15, 0.2) is 39.0 Å². The molecule has 0 saturated heterocycles. The van der Waals surface area contributed by atoms with Gasteiger partial charge in [0.05, 0.1) is 17.9 Å². The average Bonchev–Trinajstić information content (AvgIpc) is 2.47. The molecule has 22 heavy (non-hydrogen) atoms. The van der Waals surface area contributed by atoms with Crippen molar-refractivity contribution in [2.45, 2.75) is 13.8 Å². The van der Waals surface area contributed by atoms with E-state index in [-0.39, 0.29) is 11.5 Å². The maximum Gasteiger partial charge on any atom is 0.144 e. The summed E-state index contributed by atoms with van der Waals surface area (Å²) in [4.78, 5) is 0. The second-order valence-corrected chi connectivity index (χ2v) is 9.26. The molecular weight excluding hydrogens is 680 g/mol. The van der Waals surface area contributed by atoms with Crippen LogP contribution in [0.3, 0.4) is 0 Å². The van der Waals surface area contributed by atoms with E-state index in [4.69, 9.17) is 0 Å². The third-order valence-corrected chi connectivity index (χ3v) is 7.55. The predicted molar refractivity (Wildman–Crippen MR) is 112 cm³/mol. The first-order valence-corrected chi connectivity index (χ1v) is 10.5. The SMILES string of the molecule is Cc1c(Br)cc(Br)c(O)c1Br.Cc1c(Br)cc(Br)c(O)c1Br. The highest BCUT2D eigenvalue weighted by atomic mass is 79.9. The lowest BCUT2D eigenvalue weighted by Gasteiger charge is -2.05. The molecule has 0 amide bonds. The van der Waals surface area contributed by atoms with E-state index in [1.807, 2.05) is 26.0 Å². The highest BCUT2D eigenvalue weighted by Crippen LogP contribution is 2.39. The van der Waals surface area contributed by atoms with Crippen molar-refractivity contribution in [3.05, 3.63) is 50.1 Å². The Morgan fingerprint density at radius 1 is 0.591 bits per heavy atom. The zero-order chi connectivity index (χ0) is 17.2. The van der Waals surface area contributed by atoms with Gasteiger partial charge in [-0.05, 0) is 101 Å². The summed E-state index contributed by atoms with van der Waals surface area (Å²) in [6.07, 6.45) is 0. The fourth-order valence-corrected chi connectivity index (χ4v) is 5.59. The zero-order valence-electron chi connectivity index (χ0n) is 11.3. The van der Waals surface area contributed by atoms with Crippen molar-refractivity contribution in [2.75, 3.05) is 0 Å². The summed E-state index contributed by atoms with van der Waals surface area (Å²) in [5.74, 6) is 0.483. The fraction of sp³-hybridized carbons (Fsp3) is 0.143. The number of phenolic OH excluding ortho intramolecular Hbond substituents is 2. The molecule has 0 fully saturated rings. The Labute approximate surface area is 179 Å². The molecule has 0 unspecified atom stereocenters. The lowest BCUT2D eigenvalue weighted by Crippen LogP contribution is -1.80. The second-order valence-electron chi connectivity index (χ2n) is 4.26. The fourth-order valence-electron chi connectivity index (χ4n) is 1.35. The molecule has 0 aliphatic carbocycles. The van der Waals surface area contributed by atoms with Gasteiger partial charge in [0, 0.05) is 8.95 Å². The van der Waals surface area contributed by atoms with Crippen molar-refractivity contribution in [1.82, 2.24) is 0 Å². The molecule has 2 aromatic carbocycles. The Morgan fingerprint density at radius 3 is 1.14 bits per heavy atom. The molecule has 0 heterocycles. The van der Waals surface area contributed by atoms with E-state index in [0.29, 0.717) is 8.95 Å². The van der Waals surface area contributed by atoms with Crippen LogP contribution in [0.1, 0.15) is 11.1 Å². The average molecular weight is 690 g/mol. The van der Waals surface area contributed by atoms with Gasteiger partial charge in [-0.1, -0.05) is 31.9 Å². The van der Waals surface area contributed by atoms with Crippen LogP contribution < -0.4 is 0 Å². The van der Waals surface area contributed by atoms with E-state index in [0.717, 1.165) is 29.0 Å². The summed E-state index contributed by atoms with van der Waals surface area (Å²) in [5, 5.41) is 18.8. The van der Waals surface area contributed by atoms with E-state index in [1.165, 1.54) is 0 Å². The minimum absolute atomic E-state index is 0.241. The second kappa shape index (κ2) is 8.85. The Balaban J connectivity index is 0.000000220. The van der Waals surface area contributed by atoms with E-state index in [1.54, 1.807) is 0 Å². The molecule has 0 radical (unpaired) electrons. The van der Waals surface area contributed by atoms with Gasteiger partial charge in [-0.2, -0.15) is 0 Å². The molecular formula is C14H10Br6O2. The zero-order valence-corrected chi connectivity index (χ0v) is 20.8. The van der Waals surface area contributed by atoms with Gasteiger partial charge in [-0.25, -0.2) is 0 Å². The lowest BCUT2D eigenvalue weighted by atomic mass is 10.2. The Hall–Kier alpha value is 0.920. The van der Waals surface area contributed by atoms with E-state index in [2.05, 4.69) is 95.6 Å². The van der Waals surface area contributed by atoms with Crippen molar-refractivity contribution in [3.63, 3.8) is 0 Å². The normalized spacial score (nSPS) is 10.2.